The second kappa shape index (κ2) is 8.61. The van der Waals surface area contributed by atoms with Gasteiger partial charge in [-0.1, -0.05) is 23.9 Å². The highest BCUT2D eigenvalue weighted by Gasteiger charge is 2.11. The van der Waals surface area contributed by atoms with Crippen LogP contribution in [0.25, 0.3) is 11.5 Å². The molecule has 3 heterocycles. The predicted molar refractivity (Wildman–Crippen MR) is 106 cm³/mol. The molecule has 0 spiro atoms. The van der Waals surface area contributed by atoms with Gasteiger partial charge in [0, 0.05) is 11.4 Å². The number of ether oxygens (including phenoxy) is 1. The molecule has 0 unspecified atom stereocenters. The zero-order valence-corrected chi connectivity index (χ0v) is 16.4. The minimum absolute atomic E-state index is 0.202. The number of aromatic nitrogens is 9. The van der Waals surface area contributed by atoms with Crippen LogP contribution in [-0.2, 0) is 6.61 Å². The lowest BCUT2D eigenvalue weighted by Gasteiger charge is -2.08. The molecular weight excluding hydrogens is 390 g/mol. The fraction of sp³-hybridized carbons (Fsp3) is 0.167. The molecule has 29 heavy (non-hydrogen) atoms. The lowest BCUT2D eigenvalue weighted by atomic mass is 10.3. The van der Waals surface area contributed by atoms with Crippen LogP contribution in [0.4, 0.5) is 0 Å². The quantitative estimate of drug-likeness (QED) is 0.321. The summed E-state index contributed by atoms with van der Waals surface area (Å²) < 4.78 is 9.07. The summed E-state index contributed by atoms with van der Waals surface area (Å²) >= 11 is 1.51. The zero-order chi connectivity index (χ0) is 20.1. The van der Waals surface area contributed by atoms with E-state index in [9.17, 15) is 0 Å². The number of nitrogens with zero attached hydrogens (tertiary/aromatic N) is 9. The van der Waals surface area contributed by atoms with E-state index in [1.165, 1.54) is 11.8 Å². The van der Waals surface area contributed by atoms with E-state index in [0.717, 1.165) is 17.1 Å². The highest BCUT2D eigenvalue weighted by molar-refractivity contribution is 7.99. The number of aryl methyl sites for hydroxylation is 1. The largest absolute Gasteiger partial charge is 0.486 e. The molecule has 0 saturated carbocycles. The number of benzene rings is 1. The molecule has 0 bridgehead atoms. The third kappa shape index (κ3) is 4.29. The van der Waals surface area contributed by atoms with Crippen LogP contribution in [-0.4, -0.2) is 51.2 Å². The third-order valence-electron chi connectivity index (χ3n) is 3.85. The van der Waals surface area contributed by atoms with Crippen molar-refractivity contribution in [3.8, 4) is 17.3 Å². The van der Waals surface area contributed by atoms with Crippen molar-refractivity contribution in [3.05, 3.63) is 66.6 Å². The maximum Gasteiger partial charge on any atom is 0.214 e. The van der Waals surface area contributed by atoms with E-state index < -0.39 is 0 Å². The zero-order valence-electron chi connectivity index (χ0n) is 15.6. The minimum Gasteiger partial charge on any atom is -0.486 e. The molecular formula is C18H17N9OS. The van der Waals surface area contributed by atoms with Crippen LogP contribution in [0.15, 0.2) is 60.3 Å². The van der Waals surface area contributed by atoms with Gasteiger partial charge >= 0.3 is 0 Å². The van der Waals surface area contributed by atoms with Crippen LogP contribution in [0.5, 0.6) is 5.75 Å². The summed E-state index contributed by atoms with van der Waals surface area (Å²) in [6, 6.07) is 13.1. The summed E-state index contributed by atoms with van der Waals surface area (Å²) in [6.07, 6.45) is 1.81. The second-order valence-electron chi connectivity index (χ2n) is 5.90. The number of thioether (sulfide) groups is 1. The van der Waals surface area contributed by atoms with Gasteiger partial charge in [-0.25, -0.2) is 4.98 Å². The first-order valence-corrected chi connectivity index (χ1v) is 9.70. The SMILES string of the molecule is C=CCSc1nnnn1-c1ccc(OCc2nnnn2-c2cccc(C)n2)cc1. The molecule has 0 saturated heterocycles. The first-order chi connectivity index (χ1) is 14.2. The highest BCUT2D eigenvalue weighted by Crippen LogP contribution is 2.21. The monoisotopic (exact) mass is 407 g/mol. The van der Waals surface area contributed by atoms with Gasteiger partial charge in [-0.3, -0.25) is 0 Å². The maximum absolute atomic E-state index is 5.84. The van der Waals surface area contributed by atoms with Gasteiger partial charge in [-0.2, -0.15) is 9.36 Å². The normalized spacial score (nSPS) is 10.8. The Kier molecular flexibility index (Phi) is 5.56. The van der Waals surface area contributed by atoms with Crippen LogP contribution >= 0.6 is 11.8 Å². The van der Waals surface area contributed by atoms with E-state index in [0.29, 0.717) is 22.5 Å². The van der Waals surface area contributed by atoms with E-state index in [-0.39, 0.29) is 6.61 Å². The molecule has 0 radical (unpaired) electrons. The number of hydrogen-bond donors (Lipinski definition) is 0. The molecule has 0 amide bonds. The Morgan fingerprint density at radius 2 is 1.83 bits per heavy atom. The Bertz CT molecular complexity index is 1110. The van der Waals surface area contributed by atoms with Crippen molar-refractivity contribution in [1.29, 1.82) is 0 Å². The standard InChI is InChI=1S/C18H17N9OS/c1-3-11-29-18-21-23-24-26(18)14-7-9-15(10-8-14)28-12-17-20-22-25-27(17)16-6-4-5-13(2)19-16/h3-10H,1,11-12H2,2H3. The van der Waals surface area contributed by atoms with Crippen LogP contribution in [0.1, 0.15) is 11.5 Å². The minimum atomic E-state index is 0.202. The lowest BCUT2D eigenvalue weighted by Crippen LogP contribution is -2.08. The van der Waals surface area contributed by atoms with E-state index in [1.807, 2.05) is 49.4 Å². The maximum atomic E-state index is 5.84. The predicted octanol–water partition coefficient (Wildman–Crippen LogP) is 2.20. The fourth-order valence-corrected chi connectivity index (χ4v) is 3.14. The molecule has 4 rings (SSSR count). The summed E-state index contributed by atoms with van der Waals surface area (Å²) in [5, 5.41) is 24.2. The smallest absolute Gasteiger partial charge is 0.214 e. The highest BCUT2D eigenvalue weighted by atomic mass is 32.2. The Hall–Kier alpha value is -3.60. The molecule has 10 nitrogen and oxygen atoms in total. The van der Waals surface area contributed by atoms with Gasteiger partial charge in [0.05, 0.1) is 5.69 Å². The molecule has 0 aliphatic rings. The van der Waals surface area contributed by atoms with Gasteiger partial charge in [0.25, 0.3) is 0 Å². The molecule has 3 aromatic heterocycles. The van der Waals surface area contributed by atoms with Crippen molar-refractivity contribution in [2.24, 2.45) is 0 Å². The molecule has 0 aliphatic heterocycles. The van der Waals surface area contributed by atoms with Crippen molar-refractivity contribution in [3.63, 3.8) is 0 Å². The molecule has 0 fully saturated rings. The van der Waals surface area contributed by atoms with Gasteiger partial charge in [0.2, 0.25) is 5.16 Å². The molecule has 4 aromatic rings. The van der Waals surface area contributed by atoms with E-state index >= 15 is 0 Å². The molecule has 1 aromatic carbocycles. The summed E-state index contributed by atoms with van der Waals surface area (Å²) in [4.78, 5) is 4.44. The number of rotatable bonds is 8. The van der Waals surface area contributed by atoms with Gasteiger partial charge < -0.3 is 4.74 Å². The molecule has 11 heteroatoms. The average Bonchev–Trinajstić information content (AvgIpc) is 3.40. The Morgan fingerprint density at radius 3 is 2.62 bits per heavy atom. The van der Waals surface area contributed by atoms with Gasteiger partial charge in [0.15, 0.2) is 11.6 Å². The summed E-state index contributed by atoms with van der Waals surface area (Å²) in [6.45, 7) is 5.83. The molecule has 0 N–H and O–H groups in total. The van der Waals surface area contributed by atoms with Crippen molar-refractivity contribution < 1.29 is 4.74 Å². The van der Waals surface area contributed by atoms with E-state index in [2.05, 4.69) is 42.6 Å². The Labute approximate surface area is 170 Å². The average molecular weight is 407 g/mol. The van der Waals surface area contributed by atoms with Gasteiger partial charge in [0.1, 0.15) is 12.4 Å². The van der Waals surface area contributed by atoms with Gasteiger partial charge in [-0.05, 0) is 64.2 Å². The Morgan fingerprint density at radius 1 is 1.03 bits per heavy atom. The van der Waals surface area contributed by atoms with Crippen molar-refractivity contribution in [2.75, 3.05) is 5.75 Å². The topological polar surface area (TPSA) is 109 Å². The van der Waals surface area contributed by atoms with Crippen molar-refractivity contribution in [1.82, 2.24) is 45.4 Å². The number of hydrogen-bond acceptors (Lipinski definition) is 9. The van der Waals surface area contributed by atoms with Gasteiger partial charge in [-0.15, -0.1) is 16.8 Å². The fourth-order valence-electron chi connectivity index (χ4n) is 2.52. The van der Waals surface area contributed by atoms with Crippen LogP contribution in [0.2, 0.25) is 0 Å². The third-order valence-corrected chi connectivity index (χ3v) is 4.76. The van der Waals surface area contributed by atoms with E-state index in [4.69, 9.17) is 4.74 Å². The molecule has 0 aliphatic carbocycles. The van der Waals surface area contributed by atoms with Crippen molar-refractivity contribution in [2.45, 2.75) is 18.7 Å². The number of tetrazole rings is 2. The summed E-state index contributed by atoms with van der Waals surface area (Å²) in [5.74, 6) is 2.60. The van der Waals surface area contributed by atoms with Crippen LogP contribution in [0.3, 0.4) is 0 Å². The van der Waals surface area contributed by atoms with Crippen LogP contribution < -0.4 is 4.74 Å². The first-order valence-electron chi connectivity index (χ1n) is 8.71. The van der Waals surface area contributed by atoms with Crippen molar-refractivity contribution >= 4 is 11.8 Å². The van der Waals surface area contributed by atoms with E-state index in [1.54, 1.807) is 15.4 Å². The summed E-state index contributed by atoms with van der Waals surface area (Å²) in [7, 11) is 0. The summed E-state index contributed by atoms with van der Waals surface area (Å²) in [5.41, 5.74) is 1.72. The Balaban J connectivity index is 1.45. The molecule has 0 atom stereocenters. The number of pyridine rings is 1. The van der Waals surface area contributed by atoms with Crippen LogP contribution in [0, 0.1) is 6.92 Å². The molecule has 146 valence electrons. The first kappa shape index (κ1) is 18.7. The lowest BCUT2D eigenvalue weighted by molar-refractivity contribution is 0.292. The second-order valence-corrected chi connectivity index (χ2v) is 6.89.